The van der Waals surface area contributed by atoms with E-state index >= 15 is 0 Å². The van der Waals surface area contributed by atoms with Gasteiger partial charge in [-0.2, -0.15) is 0 Å². The van der Waals surface area contributed by atoms with Gasteiger partial charge in [-0.05, 0) is 48.1 Å². The van der Waals surface area contributed by atoms with Crippen LogP contribution in [-0.2, 0) is 13.0 Å². The number of unbranched alkanes of at least 4 members (excludes halogenated alkanes) is 1. The Morgan fingerprint density at radius 3 is 2.63 bits per heavy atom. The first-order chi connectivity index (χ1) is 18.7. The highest BCUT2D eigenvalue weighted by molar-refractivity contribution is 7.07. The Labute approximate surface area is 225 Å². The zero-order valence-corrected chi connectivity index (χ0v) is 22.2. The number of benzene rings is 3. The van der Waals surface area contributed by atoms with Crippen LogP contribution in [0.4, 0.5) is 0 Å². The standard InChI is InChI=1S/C33H29N3OS/c1-2-3-19-35-21-24(25-14-9-10-16-28(25)35)20-29-32(37)36-31(23-12-5-4-6-13-23)27-18-17-22-11-7-8-15-26(22)30(27)34-33(36)38-29/h4-16,20-21,31H,2-3,17-19H2,1H3/b29-20-/t31-/m1/s1. The number of allylic oxidation sites excluding steroid dienone is 1. The molecule has 188 valence electrons. The van der Waals surface area contributed by atoms with Crippen LogP contribution in [0, 0.1) is 0 Å². The Bertz CT molecular complexity index is 1890. The van der Waals surface area contributed by atoms with Crippen LogP contribution in [0.15, 0.2) is 100 Å². The number of aromatic nitrogens is 2. The van der Waals surface area contributed by atoms with Crippen LogP contribution < -0.4 is 14.9 Å². The molecule has 0 unspecified atom stereocenters. The minimum absolute atomic E-state index is 0.0402. The molecule has 3 aromatic carbocycles. The van der Waals surface area contributed by atoms with E-state index in [2.05, 4.69) is 96.6 Å². The molecule has 3 heterocycles. The summed E-state index contributed by atoms with van der Waals surface area (Å²) in [5.74, 6) is 0. The van der Waals surface area contributed by atoms with Gasteiger partial charge in [-0.1, -0.05) is 97.5 Å². The Hall–Kier alpha value is -3.96. The lowest BCUT2D eigenvalue weighted by molar-refractivity contribution is 0.585. The summed E-state index contributed by atoms with van der Waals surface area (Å²) in [4.78, 5) is 20.0. The highest BCUT2D eigenvalue weighted by atomic mass is 32.1. The summed E-state index contributed by atoms with van der Waals surface area (Å²) >= 11 is 1.51. The molecule has 1 aliphatic carbocycles. The predicted molar refractivity (Wildman–Crippen MR) is 156 cm³/mol. The molecule has 0 amide bonds. The first-order valence-electron chi connectivity index (χ1n) is 13.5. The van der Waals surface area contributed by atoms with Crippen molar-refractivity contribution in [2.45, 2.75) is 45.2 Å². The van der Waals surface area contributed by atoms with Crippen LogP contribution >= 0.6 is 11.3 Å². The topological polar surface area (TPSA) is 39.3 Å². The number of aryl methyl sites for hydroxylation is 2. The van der Waals surface area contributed by atoms with Crippen molar-refractivity contribution in [3.05, 3.63) is 133 Å². The van der Waals surface area contributed by atoms with Crippen molar-refractivity contribution in [2.24, 2.45) is 4.99 Å². The normalized spacial score (nSPS) is 16.8. The van der Waals surface area contributed by atoms with Gasteiger partial charge in [0, 0.05) is 34.8 Å². The van der Waals surface area contributed by atoms with E-state index in [1.165, 1.54) is 38.9 Å². The number of nitrogens with zero attached hydrogens (tertiary/aromatic N) is 3. The third-order valence-corrected chi connectivity index (χ3v) is 8.83. The molecule has 0 saturated carbocycles. The van der Waals surface area contributed by atoms with Gasteiger partial charge in [-0.25, -0.2) is 4.99 Å². The molecule has 0 bridgehead atoms. The first-order valence-corrected chi connectivity index (χ1v) is 14.3. The average Bonchev–Trinajstić information content (AvgIpc) is 3.47. The van der Waals surface area contributed by atoms with Gasteiger partial charge in [0.2, 0.25) is 0 Å². The summed E-state index contributed by atoms with van der Waals surface area (Å²) in [6.07, 6.45) is 8.43. The summed E-state index contributed by atoms with van der Waals surface area (Å²) in [5, 5.41) is 1.18. The number of thiazole rings is 1. The Kier molecular flexibility index (Phi) is 5.74. The molecule has 0 spiro atoms. The summed E-state index contributed by atoms with van der Waals surface area (Å²) in [6, 6.07) is 27.4. The van der Waals surface area contributed by atoms with Gasteiger partial charge in [0.05, 0.1) is 16.3 Å². The van der Waals surface area contributed by atoms with Crippen LogP contribution in [0.25, 0.3) is 22.7 Å². The van der Waals surface area contributed by atoms with E-state index in [1.54, 1.807) is 0 Å². The maximum absolute atomic E-state index is 14.1. The van der Waals surface area contributed by atoms with Crippen molar-refractivity contribution in [1.29, 1.82) is 0 Å². The lowest BCUT2D eigenvalue weighted by Crippen LogP contribution is -2.38. The van der Waals surface area contributed by atoms with E-state index in [4.69, 9.17) is 4.99 Å². The number of para-hydroxylation sites is 1. The summed E-state index contributed by atoms with van der Waals surface area (Å²) in [7, 11) is 0. The second-order valence-corrected chi connectivity index (χ2v) is 11.2. The van der Waals surface area contributed by atoms with E-state index in [9.17, 15) is 4.79 Å². The second kappa shape index (κ2) is 9.41. The van der Waals surface area contributed by atoms with Gasteiger partial charge in [0.15, 0.2) is 4.80 Å². The summed E-state index contributed by atoms with van der Waals surface area (Å²) in [6.45, 7) is 3.20. The van der Waals surface area contributed by atoms with Crippen LogP contribution in [0.2, 0.25) is 0 Å². The maximum Gasteiger partial charge on any atom is 0.271 e. The molecule has 1 aliphatic heterocycles. The molecule has 0 fully saturated rings. The number of hydrogen-bond acceptors (Lipinski definition) is 3. The Morgan fingerprint density at radius 2 is 1.76 bits per heavy atom. The van der Waals surface area contributed by atoms with Gasteiger partial charge in [-0.15, -0.1) is 0 Å². The average molecular weight is 516 g/mol. The highest BCUT2D eigenvalue weighted by Gasteiger charge is 2.32. The van der Waals surface area contributed by atoms with Crippen molar-refractivity contribution < 1.29 is 0 Å². The van der Waals surface area contributed by atoms with E-state index in [0.29, 0.717) is 0 Å². The molecule has 5 heteroatoms. The van der Waals surface area contributed by atoms with Crippen LogP contribution in [0.1, 0.15) is 54.5 Å². The summed E-state index contributed by atoms with van der Waals surface area (Å²) < 4.78 is 5.00. The van der Waals surface area contributed by atoms with E-state index in [1.807, 2.05) is 10.6 Å². The van der Waals surface area contributed by atoms with Crippen molar-refractivity contribution in [3.8, 4) is 0 Å². The Morgan fingerprint density at radius 1 is 0.974 bits per heavy atom. The fourth-order valence-electron chi connectivity index (χ4n) is 6.00. The van der Waals surface area contributed by atoms with Crippen molar-refractivity contribution >= 4 is 34.0 Å². The molecular formula is C33H29N3OS. The van der Waals surface area contributed by atoms with Gasteiger partial charge in [0.25, 0.3) is 5.56 Å². The number of hydrogen-bond donors (Lipinski definition) is 0. The molecule has 2 aliphatic rings. The van der Waals surface area contributed by atoms with Gasteiger partial charge in [-0.3, -0.25) is 9.36 Å². The van der Waals surface area contributed by atoms with Gasteiger partial charge < -0.3 is 4.57 Å². The third-order valence-electron chi connectivity index (χ3n) is 7.85. The zero-order valence-electron chi connectivity index (χ0n) is 21.4. The predicted octanol–water partition coefficient (Wildman–Crippen LogP) is 6.07. The highest BCUT2D eigenvalue weighted by Crippen LogP contribution is 2.41. The minimum Gasteiger partial charge on any atom is -0.347 e. The molecule has 0 radical (unpaired) electrons. The van der Waals surface area contributed by atoms with Crippen LogP contribution in [-0.4, -0.2) is 9.13 Å². The summed E-state index contributed by atoms with van der Waals surface area (Å²) in [5.41, 5.74) is 8.31. The zero-order chi connectivity index (χ0) is 25.6. The smallest absolute Gasteiger partial charge is 0.271 e. The van der Waals surface area contributed by atoms with Crippen LogP contribution in [0.5, 0.6) is 0 Å². The fraction of sp³-hybridized carbons (Fsp3) is 0.212. The lowest BCUT2D eigenvalue weighted by Gasteiger charge is -2.30. The van der Waals surface area contributed by atoms with Crippen molar-refractivity contribution in [3.63, 3.8) is 0 Å². The number of rotatable bonds is 5. The quantitative estimate of drug-likeness (QED) is 0.280. The molecule has 2 aromatic heterocycles. The first kappa shape index (κ1) is 23.2. The van der Waals surface area contributed by atoms with Crippen molar-refractivity contribution in [1.82, 2.24) is 9.13 Å². The molecular weight excluding hydrogens is 486 g/mol. The SMILES string of the molecule is CCCCn1cc(/C=c2\sc3n(c2=O)[C@H](c2ccccc2)C2=C(N=3)c3ccccc3CC2)c2ccccc21. The van der Waals surface area contributed by atoms with E-state index < -0.39 is 0 Å². The largest absolute Gasteiger partial charge is 0.347 e. The molecule has 7 rings (SSSR count). The molecule has 5 aromatic rings. The monoisotopic (exact) mass is 515 g/mol. The minimum atomic E-state index is -0.135. The maximum atomic E-state index is 14.1. The van der Waals surface area contributed by atoms with E-state index in [-0.39, 0.29) is 11.6 Å². The second-order valence-electron chi connectivity index (χ2n) is 10.2. The molecule has 4 nitrogen and oxygen atoms in total. The van der Waals surface area contributed by atoms with Crippen molar-refractivity contribution in [2.75, 3.05) is 0 Å². The lowest BCUT2D eigenvalue weighted by atomic mass is 9.83. The molecule has 0 N–H and O–H groups in total. The molecule has 38 heavy (non-hydrogen) atoms. The number of fused-ring (bicyclic) bond motifs is 4. The van der Waals surface area contributed by atoms with E-state index in [0.717, 1.165) is 58.4 Å². The van der Waals surface area contributed by atoms with Gasteiger partial charge >= 0.3 is 0 Å². The molecule has 1 atom stereocenters. The Balaban J connectivity index is 1.46. The fourth-order valence-corrected chi connectivity index (χ4v) is 6.99. The molecule has 0 saturated heterocycles. The van der Waals surface area contributed by atoms with Crippen LogP contribution in [0.3, 0.4) is 0 Å². The van der Waals surface area contributed by atoms with Gasteiger partial charge in [0.1, 0.15) is 0 Å². The third kappa shape index (κ3) is 3.72.